The molecule has 6 heteroatoms. The Morgan fingerprint density at radius 1 is 1.10 bits per heavy atom. The van der Waals surface area contributed by atoms with Crippen LogP contribution < -0.4 is 5.32 Å². The van der Waals surface area contributed by atoms with Crippen LogP contribution in [-0.2, 0) is 9.05 Å². The number of rotatable bonds is 6. The van der Waals surface area contributed by atoms with Gasteiger partial charge in [-0.15, -0.1) is 0 Å². The van der Waals surface area contributed by atoms with E-state index in [2.05, 4.69) is 5.32 Å². The van der Waals surface area contributed by atoms with Gasteiger partial charge in [0.2, 0.25) is 0 Å². The van der Waals surface area contributed by atoms with Gasteiger partial charge in [0.05, 0.1) is 4.90 Å². The van der Waals surface area contributed by atoms with Gasteiger partial charge in [-0.05, 0) is 43.5 Å². The average Bonchev–Trinajstić information content (AvgIpc) is 2.44. The van der Waals surface area contributed by atoms with Gasteiger partial charge in [0.15, 0.2) is 0 Å². The second kappa shape index (κ2) is 6.59. The molecule has 0 saturated carbocycles. The maximum Gasteiger partial charge on any atom is 0.261 e. The summed E-state index contributed by atoms with van der Waals surface area (Å²) in [6.07, 6.45) is 2.54. The minimum atomic E-state index is -3.75. The molecule has 1 rings (SSSR count). The first-order chi connectivity index (χ1) is 9.28. The predicted molar refractivity (Wildman–Crippen MR) is 80.6 cm³/mol. The smallest absolute Gasteiger partial charge is 0.261 e. The number of hydrogen-bond acceptors (Lipinski definition) is 3. The molecule has 20 heavy (non-hydrogen) atoms. The molecule has 1 aromatic carbocycles. The summed E-state index contributed by atoms with van der Waals surface area (Å²) < 4.78 is 22.3. The van der Waals surface area contributed by atoms with Crippen LogP contribution in [0.15, 0.2) is 29.2 Å². The topological polar surface area (TPSA) is 63.2 Å². The Morgan fingerprint density at radius 3 is 1.90 bits per heavy atom. The average molecular weight is 318 g/mol. The number of hydrogen-bond donors (Lipinski definition) is 1. The third-order valence-electron chi connectivity index (χ3n) is 3.81. The van der Waals surface area contributed by atoms with Crippen LogP contribution in [0.4, 0.5) is 0 Å². The molecule has 4 nitrogen and oxygen atoms in total. The zero-order valence-corrected chi connectivity index (χ0v) is 13.5. The zero-order chi connectivity index (χ0) is 15.4. The number of carbonyl (C=O) groups is 1. The normalized spacial score (nSPS) is 12.2. The van der Waals surface area contributed by atoms with E-state index >= 15 is 0 Å². The van der Waals surface area contributed by atoms with E-state index < -0.39 is 9.05 Å². The summed E-state index contributed by atoms with van der Waals surface area (Å²) in [6.45, 7) is 6.11. The van der Waals surface area contributed by atoms with E-state index in [4.69, 9.17) is 10.7 Å². The number of amides is 1. The van der Waals surface area contributed by atoms with Crippen molar-refractivity contribution in [3.8, 4) is 0 Å². The molecule has 0 unspecified atom stereocenters. The van der Waals surface area contributed by atoms with E-state index in [0.717, 1.165) is 19.3 Å². The SMILES string of the molecule is CCC(CC)(CC)NC(=O)c1ccc(S(=O)(=O)Cl)cc1. The Morgan fingerprint density at radius 2 is 1.55 bits per heavy atom. The van der Waals surface area contributed by atoms with Crippen molar-refractivity contribution in [1.29, 1.82) is 0 Å². The molecule has 1 amide bonds. The largest absolute Gasteiger partial charge is 0.347 e. The van der Waals surface area contributed by atoms with Crippen molar-refractivity contribution < 1.29 is 13.2 Å². The summed E-state index contributed by atoms with van der Waals surface area (Å²) in [6, 6.07) is 5.61. The summed E-state index contributed by atoms with van der Waals surface area (Å²) in [5.74, 6) is -0.200. The molecule has 0 atom stereocenters. The summed E-state index contributed by atoms with van der Waals surface area (Å²) in [5.41, 5.74) is 0.211. The van der Waals surface area contributed by atoms with E-state index in [1.807, 2.05) is 20.8 Å². The Labute approximate surface area is 124 Å². The summed E-state index contributed by atoms with van der Waals surface area (Å²) >= 11 is 0. The van der Waals surface area contributed by atoms with Crippen LogP contribution in [0.2, 0.25) is 0 Å². The van der Waals surface area contributed by atoms with Crippen molar-refractivity contribution in [3.63, 3.8) is 0 Å². The van der Waals surface area contributed by atoms with Crippen LogP contribution in [0, 0.1) is 0 Å². The molecule has 0 aliphatic heterocycles. The van der Waals surface area contributed by atoms with Crippen molar-refractivity contribution >= 4 is 25.6 Å². The van der Waals surface area contributed by atoms with E-state index in [-0.39, 0.29) is 16.3 Å². The third-order valence-corrected chi connectivity index (χ3v) is 5.18. The highest BCUT2D eigenvalue weighted by Crippen LogP contribution is 2.21. The lowest BCUT2D eigenvalue weighted by Gasteiger charge is -2.31. The maximum atomic E-state index is 12.2. The van der Waals surface area contributed by atoms with E-state index in [0.29, 0.717) is 5.56 Å². The highest BCUT2D eigenvalue weighted by molar-refractivity contribution is 8.13. The van der Waals surface area contributed by atoms with Gasteiger partial charge in [-0.2, -0.15) is 0 Å². The van der Waals surface area contributed by atoms with E-state index in [9.17, 15) is 13.2 Å². The monoisotopic (exact) mass is 317 g/mol. The minimum Gasteiger partial charge on any atom is -0.347 e. The van der Waals surface area contributed by atoms with Gasteiger partial charge in [-0.3, -0.25) is 4.79 Å². The Kier molecular flexibility index (Phi) is 5.59. The molecular weight excluding hydrogens is 298 g/mol. The highest BCUT2D eigenvalue weighted by Gasteiger charge is 2.26. The van der Waals surface area contributed by atoms with E-state index in [1.165, 1.54) is 24.3 Å². The van der Waals surface area contributed by atoms with Crippen LogP contribution in [0.3, 0.4) is 0 Å². The highest BCUT2D eigenvalue weighted by atomic mass is 35.7. The third kappa shape index (κ3) is 3.96. The molecule has 0 fully saturated rings. The Bertz CT molecular complexity index is 554. The van der Waals surface area contributed by atoms with Crippen LogP contribution in [0.1, 0.15) is 50.4 Å². The molecule has 0 bridgehead atoms. The summed E-state index contributed by atoms with van der Waals surface area (Å²) in [5, 5.41) is 3.03. The number of halogens is 1. The van der Waals surface area contributed by atoms with Crippen molar-refractivity contribution in [2.24, 2.45) is 0 Å². The minimum absolute atomic E-state index is 0.0107. The van der Waals surface area contributed by atoms with Gasteiger partial charge in [0.25, 0.3) is 15.0 Å². The Hall–Kier alpha value is -1.07. The predicted octanol–water partition coefficient (Wildman–Crippen LogP) is 3.31. The van der Waals surface area contributed by atoms with Gasteiger partial charge < -0.3 is 5.32 Å². The summed E-state index contributed by atoms with van der Waals surface area (Å²) in [4.78, 5) is 12.2. The van der Waals surface area contributed by atoms with Gasteiger partial charge in [-0.1, -0.05) is 20.8 Å². The second-order valence-corrected chi connectivity index (χ2v) is 7.32. The van der Waals surface area contributed by atoms with Crippen LogP contribution >= 0.6 is 10.7 Å². The van der Waals surface area contributed by atoms with Gasteiger partial charge >= 0.3 is 0 Å². The fraction of sp³-hybridized carbons (Fsp3) is 0.500. The molecule has 0 saturated heterocycles. The van der Waals surface area contributed by atoms with Crippen molar-refractivity contribution in [2.45, 2.75) is 50.5 Å². The molecular formula is C14H20ClNO3S. The van der Waals surface area contributed by atoms with Crippen molar-refractivity contribution in [3.05, 3.63) is 29.8 Å². The van der Waals surface area contributed by atoms with Crippen LogP contribution in [0.25, 0.3) is 0 Å². The van der Waals surface area contributed by atoms with Crippen LogP contribution in [-0.4, -0.2) is 19.9 Å². The lowest BCUT2D eigenvalue weighted by atomic mass is 9.89. The standard InChI is InChI=1S/C14H20ClNO3S/c1-4-14(5-2,6-3)16-13(17)11-7-9-12(10-8-11)20(15,18)19/h7-10H,4-6H2,1-3H3,(H,16,17). The first-order valence-electron chi connectivity index (χ1n) is 6.65. The quantitative estimate of drug-likeness (QED) is 0.819. The lowest BCUT2D eigenvalue weighted by Crippen LogP contribution is -2.47. The maximum absolute atomic E-state index is 12.2. The van der Waals surface area contributed by atoms with E-state index in [1.54, 1.807) is 0 Å². The molecule has 1 aromatic rings. The second-order valence-electron chi connectivity index (χ2n) is 4.76. The first-order valence-corrected chi connectivity index (χ1v) is 8.96. The van der Waals surface area contributed by atoms with Gasteiger partial charge in [0.1, 0.15) is 0 Å². The molecule has 0 aliphatic rings. The van der Waals surface area contributed by atoms with Crippen LogP contribution in [0.5, 0.6) is 0 Å². The molecule has 0 radical (unpaired) electrons. The van der Waals surface area contributed by atoms with Crippen molar-refractivity contribution in [2.75, 3.05) is 0 Å². The van der Waals surface area contributed by atoms with Gasteiger partial charge in [-0.25, -0.2) is 8.42 Å². The number of carbonyl (C=O) groups excluding carboxylic acids is 1. The molecule has 0 heterocycles. The van der Waals surface area contributed by atoms with Gasteiger partial charge in [0, 0.05) is 21.8 Å². The fourth-order valence-corrected chi connectivity index (χ4v) is 2.87. The first kappa shape index (κ1) is 17.0. The molecule has 0 aliphatic carbocycles. The van der Waals surface area contributed by atoms with Crippen molar-refractivity contribution in [1.82, 2.24) is 5.32 Å². The molecule has 1 N–H and O–H groups in total. The fourth-order valence-electron chi connectivity index (χ4n) is 2.10. The summed E-state index contributed by atoms with van der Waals surface area (Å²) in [7, 11) is 1.48. The zero-order valence-electron chi connectivity index (χ0n) is 11.9. The Balaban J connectivity index is 2.94. The molecule has 0 aromatic heterocycles. The molecule has 112 valence electrons. The molecule has 0 spiro atoms. The number of benzene rings is 1. The lowest BCUT2D eigenvalue weighted by molar-refractivity contribution is 0.0888. The number of nitrogens with one attached hydrogen (secondary N) is 1.